The molecule has 1 aromatic rings. The maximum absolute atomic E-state index is 12.2. The van der Waals surface area contributed by atoms with Crippen LogP contribution in [0.3, 0.4) is 0 Å². The van der Waals surface area contributed by atoms with Gasteiger partial charge in [-0.2, -0.15) is 4.31 Å². The van der Waals surface area contributed by atoms with Crippen molar-refractivity contribution in [2.24, 2.45) is 0 Å². The maximum atomic E-state index is 12.2. The van der Waals surface area contributed by atoms with E-state index in [1.165, 1.54) is 23.4 Å². The molecule has 0 radical (unpaired) electrons. The van der Waals surface area contributed by atoms with E-state index in [1.54, 1.807) is 12.1 Å². The molecule has 0 bridgehead atoms. The van der Waals surface area contributed by atoms with Crippen molar-refractivity contribution in [3.05, 3.63) is 24.3 Å². The molecule has 1 amide bonds. The third-order valence-corrected chi connectivity index (χ3v) is 4.82. The van der Waals surface area contributed by atoms with E-state index in [0.717, 1.165) is 0 Å². The van der Waals surface area contributed by atoms with Crippen LogP contribution in [0.1, 0.15) is 13.3 Å². The second-order valence-corrected chi connectivity index (χ2v) is 6.45. The third-order valence-electron chi connectivity index (χ3n) is 2.94. The number of rotatable bonds is 3. The molecule has 0 aliphatic carbocycles. The number of nitrogens with zero attached hydrogens (tertiary/aromatic N) is 1. The average molecular weight is 284 g/mol. The molecule has 1 aliphatic heterocycles. The number of anilines is 1. The van der Waals surface area contributed by atoms with Gasteiger partial charge in [0.15, 0.2) is 0 Å². The fourth-order valence-corrected chi connectivity index (χ4v) is 3.48. The van der Waals surface area contributed by atoms with E-state index in [0.29, 0.717) is 18.7 Å². The minimum absolute atomic E-state index is 0.135. The summed E-state index contributed by atoms with van der Waals surface area (Å²) in [7, 11) is -3.56. The largest absolute Gasteiger partial charge is 0.392 e. The van der Waals surface area contributed by atoms with Crippen molar-refractivity contribution >= 4 is 21.6 Å². The van der Waals surface area contributed by atoms with Gasteiger partial charge in [0, 0.05) is 25.7 Å². The number of hydrogen-bond acceptors (Lipinski definition) is 4. The van der Waals surface area contributed by atoms with Crippen molar-refractivity contribution in [1.29, 1.82) is 0 Å². The van der Waals surface area contributed by atoms with Gasteiger partial charge in [0.05, 0.1) is 11.0 Å². The molecule has 7 heteroatoms. The molecule has 2 rings (SSSR count). The summed E-state index contributed by atoms with van der Waals surface area (Å²) in [5.74, 6) is -0.210. The Hall–Kier alpha value is -1.44. The molecule has 1 unspecified atom stereocenters. The Morgan fingerprint density at radius 1 is 1.37 bits per heavy atom. The highest BCUT2D eigenvalue weighted by molar-refractivity contribution is 7.89. The first-order chi connectivity index (χ1) is 8.89. The quantitative estimate of drug-likeness (QED) is 0.841. The average Bonchev–Trinajstić information content (AvgIpc) is 2.76. The third kappa shape index (κ3) is 3.12. The van der Waals surface area contributed by atoms with E-state index in [9.17, 15) is 18.3 Å². The second-order valence-electron chi connectivity index (χ2n) is 4.51. The van der Waals surface area contributed by atoms with Crippen molar-refractivity contribution in [3.63, 3.8) is 0 Å². The van der Waals surface area contributed by atoms with E-state index in [4.69, 9.17) is 0 Å². The summed E-state index contributed by atoms with van der Waals surface area (Å²) < 4.78 is 25.8. The van der Waals surface area contributed by atoms with E-state index in [-0.39, 0.29) is 17.3 Å². The molecule has 1 aromatic carbocycles. The lowest BCUT2D eigenvalue weighted by atomic mass is 10.3. The Bertz CT molecular complexity index is 568. The summed E-state index contributed by atoms with van der Waals surface area (Å²) in [4.78, 5) is 11.0. The lowest BCUT2D eigenvalue weighted by molar-refractivity contribution is -0.114. The summed E-state index contributed by atoms with van der Waals surface area (Å²) in [6, 6.07) is 5.98. The van der Waals surface area contributed by atoms with Crippen LogP contribution >= 0.6 is 0 Å². The Balaban J connectivity index is 2.19. The topological polar surface area (TPSA) is 86.7 Å². The summed E-state index contributed by atoms with van der Waals surface area (Å²) in [5.41, 5.74) is 0.549. The zero-order valence-electron chi connectivity index (χ0n) is 10.5. The van der Waals surface area contributed by atoms with E-state index in [2.05, 4.69) is 5.32 Å². The molecule has 19 heavy (non-hydrogen) atoms. The van der Waals surface area contributed by atoms with Crippen LogP contribution in [0.15, 0.2) is 29.2 Å². The van der Waals surface area contributed by atoms with Crippen LogP contribution in [0.25, 0.3) is 0 Å². The number of aliphatic hydroxyl groups is 1. The molecule has 1 fully saturated rings. The minimum Gasteiger partial charge on any atom is -0.392 e. The number of nitrogens with one attached hydrogen (secondary N) is 1. The molecule has 104 valence electrons. The van der Waals surface area contributed by atoms with Gasteiger partial charge >= 0.3 is 0 Å². The van der Waals surface area contributed by atoms with Gasteiger partial charge in [-0.1, -0.05) is 0 Å². The van der Waals surface area contributed by atoms with Crippen molar-refractivity contribution in [3.8, 4) is 0 Å². The summed E-state index contributed by atoms with van der Waals surface area (Å²) in [5, 5.41) is 12.0. The molecule has 1 atom stereocenters. The fraction of sp³-hybridized carbons (Fsp3) is 0.417. The Morgan fingerprint density at radius 3 is 2.47 bits per heavy atom. The van der Waals surface area contributed by atoms with Gasteiger partial charge < -0.3 is 10.4 Å². The zero-order chi connectivity index (χ0) is 14.0. The molecule has 0 spiro atoms. The van der Waals surface area contributed by atoms with Gasteiger partial charge in [-0.15, -0.1) is 0 Å². The van der Waals surface area contributed by atoms with Gasteiger partial charge in [-0.25, -0.2) is 8.42 Å². The smallest absolute Gasteiger partial charge is 0.243 e. The van der Waals surface area contributed by atoms with Crippen molar-refractivity contribution in [1.82, 2.24) is 4.31 Å². The lowest BCUT2D eigenvalue weighted by Gasteiger charge is -2.15. The minimum atomic E-state index is -3.56. The Morgan fingerprint density at radius 2 is 2.00 bits per heavy atom. The number of amides is 1. The number of benzene rings is 1. The molecule has 1 saturated heterocycles. The van der Waals surface area contributed by atoms with Crippen LogP contribution in [-0.4, -0.2) is 42.9 Å². The predicted molar refractivity (Wildman–Crippen MR) is 70.1 cm³/mol. The van der Waals surface area contributed by atoms with Gasteiger partial charge in [0.1, 0.15) is 0 Å². The van der Waals surface area contributed by atoms with Crippen molar-refractivity contribution in [2.75, 3.05) is 18.4 Å². The maximum Gasteiger partial charge on any atom is 0.243 e. The molecule has 6 nitrogen and oxygen atoms in total. The second kappa shape index (κ2) is 5.28. The number of β-amino-alcohol motifs (C(OH)–C–C–N with tert-alkyl or cyclic N) is 1. The number of carbonyl (C=O) groups excluding carboxylic acids is 1. The molecule has 1 aliphatic rings. The van der Waals surface area contributed by atoms with Crippen LogP contribution in [-0.2, 0) is 14.8 Å². The van der Waals surface area contributed by atoms with Crippen LogP contribution in [0.5, 0.6) is 0 Å². The van der Waals surface area contributed by atoms with Crippen molar-refractivity contribution < 1.29 is 18.3 Å². The number of hydrogen-bond donors (Lipinski definition) is 2. The molecule has 2 N–H and O–H groups in total. The number of carbonyl (C=O) groups is 1. The highest BCUT2D eigenvalue weighted by Gasteiger charge is 2.31. The van der Waals surface area contributed by atoms with Gasteiger partial charge in [-0.3, -0.25) is 4.79 Å². The van der Waals surface area contributed by atoms with Gasteiger partial charge in [0.25, 0.3) is 0 Å². The van der Waals surface area contributed by atoms with Crippen LogP contribution in [0.4, 0.5) is 5.69 Å². The number of sulfonamides is 1. The van der Waals surface area contributed by atoms with Crippen LogP contribution in [0.2, 0.25) is 0 Å². The van der Waals surface area contributed by atoms with Crippen LogP contribution < -0.4 is 5.32 Å². The van der Waals surface area contributed by atoms with Gasteiger partial charge in [0.2, 0.25) is 15.9 Å². The van der Waals surface area contributed by atoms with Gasteiger partial charge in [-0.05, 0) is 30.7 Å². The predicted octanol–water partition coefficient (Wildman–Crippen LogP) is 0.400. The Kier molecular flexibility index (Phi) is 3.88. The summed E-state index contributed by atoms with van der Waals surface area (Å²) in [6.07, 6.45) is -0.128. The SMILES string of the molecule is CC(=O)Nc1ccc(S(=O)(=O)N2CCC(O)C2)cc1. The first kappa shape index (κ1) is 14.0. The summed E-state index contributed by atoms with van der Waals surface area (Å²) >= 11 is 0. The molecular weight excluding hydrogens is 268 g/mol. The van der Waals surface area contributed by atoms with Crippen LogP contribution in [0, 0.1) is 0 Å². The first-order valence-electron chi connectivity index (χ1n) is 5.95. The van der Waals surface area contributed by atoms with E-state index >= 15 is 0 Å². The molecule has 0 aromatic heterocycles. The standard InChI is InChI=1S/C12H16N2O4S/c1-9(15)13-10-2-4-12(5-3-10)19(17,18)14-7-6-11(16)8-14/h2-5,11,16H,6-8H2,1H3,(H,13,15). The number of aliphatic hydroxyl groups excluding tert-OH is 1. The molecule has 1 heterocycles. The highest BCUT2D eigenvalue weighted by atomic mass is 32.2. The highest BCUT2D eigenvalue weighted by Crippen LogP contribution is 2.22. The normalized spacial score (nSPS) is 20.4. The zero-order valence-corrected chi connectivity index (χ0v) is 11.4. The fourth-order valence-electron chi connectivity index (χ4n) is 1.99. The Labute approximate surface area is 112 Å². The van der Waals surface area contributed by atoms with Crippen molar-refractivity contribution in [2.45, 2.75) is 24.3 Å². The van der Waals surface area contributed by atoms with E-state index < -0.39 is 16.1 Å². The first-order valence-corrected chi connectivity index (χ1v) is 7.39. The lowest BCUT2D eigenvalue weighted by Crippen LogP contribution is -2.29. The molecule has 0 saturated carbocycles. The monoisotopic (exact) mass is 284 g/mol. The summed E-state index contributed by atoms with van der Waals surface area (Å²) in [6.45, 7) is 1.85. The van der Waals surface area contributed by atoms with E-state index in [1.807, 2.05) is 0 Å². The molecular formula is C12H16N2O4S.